The fourth-order valence-corrected chi connectivity index (χ4v) is 2.78. The Hall–Kier alpha value is -2.15. The number of pyridine rings is 1. The Morgan fingerprint density at radius 2 is 1.68 bits per heavy atom. The Morgan fingerprint density at radius 3 is 2.18 bits per heavy atom. The summed E-state index contributed by atoms with van der Waals surface area (Å²) in [5, 5.41) is 3.23. The number of nitrogens with zero attached hydrogens (tertiary/aromatic N) is 1. The first kappa shape index (κ1) is 16.2. The third-order valence-corrected chi connectivity index (χ3v) is 4.02. The summed E-state index contributed by atoms with van der Waals surface area (Å²) >= 11 is 0. The summed E-state index contributed by atoms with van der Waals surface area (Å²) in [4.78, 5) is 4.04. The van der Waals surface area contributed by atoms with Crippen LogP contribution < -0.4 is 10.0 Å². The largest absolute Gasteiger partial charge is 0.379 e. The molecule has 22 heavy (non-hydrogen) atoms. The molecule has 0 spiro atoms. The number of rotatable bonds is 4. The molecule has 0 saturated heterocycles. The van der Waals surface area contributed by atoms with E-state index in [1.165, 1.54) is 12.1 Å². The summed E-state index contributed by atoms with van der Waals surface area (Å²) in [7, 11) is -3.78. The van der Waals surface area contributed by atoms with Gasteiger partial charge in [-0.1, -0.05) is 0 Å². The SMILES string of the molecule is CC(C)(C)Nc1ccc(NS(=O)(=O)c2ccc(F)cc2)nc1. The van der Waals surface area contributed by atoms with Gasteiger partial charge in [-0.25, -0.2) is 17.8 Å². The van der Waals surface area contributed by atoms with Crippen molar-refractivity contribution in [1.82, 2.24) is 4.98 Å². The molecule has 0 bridgehead atoms. The van der Waals surface area contributed by atoms with Crippen LogP contribution in [-0.4, -0.2) is 18.9 Å². The molecule has 0 unspecified atom stereocenters. The first-order valence-electron chi connectivity index (χ1n) is 6.68. The Morgan fingerprint density at radius 1 is 1.05 bits per heavy atom. The summed E-state index contributed by atoms with van der Waals surface area (Å²) in [5.74, 6) is -0.293. The Kier molecular flexibility index (Phi) is 4.37. The molecule has 7 heteroatoms. The normalized spacial score (nSPS) is 12.0. The molecule has 118 valence electrons. The standard InChI is InChI=1S/C15H18FN3O2S/c1-15(2,3)18-12-6-9-14(17-10-12)19-22(20,21)13-7-4-11(16)5-8-13/h4-10,18H,1-3H3,(H,17,19). The lowest BCUT2D eigenvalue weighted by molar-refractivity contribution is 0.599. The summed E-state index contributed by atoms with van der Waals surface area (Å²) in [6.07, 6.45) is 1.55. The predicted octanol–water partition coefficient (Wildman–Crippen LogP) is 3.23. The van der Waals surface area contributed by atoms with Crippen LogP contribution in [-0.2, 0) is 10.0 Å². The van der Waals surface area contributed by atoms with E-state index in [1.54, 1.807) is 18.3 Å². The molecule has 0 aliphatic rings. The second kappa shape index (κ2) is 5.92. The molecule has 5 nitrogen and oxygen atoms in total. The second-order valence-electron chi connectivity index (χ2n) is 5.87. The van der Waals surface area contributed by atoms with Crippen LogP contribution >= 0.6 is 0 Å². The summed E-state index contributed by atoms with van der Waals surface area (Å²) in [5.41, 5.74) is 0.675. The van der Waals surface area contributed by atoms with Crippen LogP contribution in [0.1, 0.15) is 20.8 Å². The van der Waals surface area contributed by atoms with Gasteiger partial charge in [0, 0.05) is 5.54 Å². The Bertz CT molecular complexity index is 736. The molecular weight excluding hydrogens is 305 g/mol. The zero-order valence-electron chi connectivity index (χ0n) is 12.6. The average molecular weight is 323 g/mol. The molecule has 1 heterocycles. The number of hydrogen-bond donors (Lipinski definition) is 2. The van der Waals surface area contributed by atoms with E-state index >= 15 is 0 Å². The predicted molar refractivity (Wildman–Crippen MR) is 84.8 cm³/mol. The molecule has 2 aromatic rings. The van der Waals surface area contributed by atoms with Gasteiger partial charge in [-0.15, -0.1) is 0 Å². The highest BCUT2D eigenvalue weighted by molar-refractivity contribution is 7.92. The zero-order valence-corrected chi connectivity index (χ0v) is 13.4. The quantitative estimate of drug-likeness (QED) is 0.906. The van der Waals surface area contributed by atoms with E-state index in [9.17, 15) is 12.8 Å². The van der Waals surface area contributed by atoms with E-state index < -0.39 is 15.8 Å². The van der Waals surface area contributed by atoms with Crippen LogP contribution in [0.15, 0.2) is 47.5 Å². The van der Waals surface area contributed by atoms with Crippen LogP contribution in [0.25, 0.3) is 0 Å². The van der Waals surface area contributed by atoms with E-state index in [0.29, 0.717) is 0 Å². The molecular formula is C15H18FN3O2S. The van der Waals surface area contributed by atoms with Crippen molar-refractivity contribution in [3.05, 3.63) is 48.4 Å². The highest BCUT2D eigenvalue weighted by Crippen LogP contribution is 2.18. The monoisotopic (exact) mass is 323 g/mol. The molecule has 2 rings (SSSR count). The molecule has 0 aliphatic heterocycles. The number of anilines is 2. The van der Waals surface area contributed by atoms with Crippen molar-refractivity contribution in [2.75, 3.05) is 10.0 Å². The lowest BCUT2D eigenvalue weighted by atomic mass is 10.1. The highest BCUT2D eigenvalue weighted by atomic mass is 32.2. The van der Waals surface area contributed by atoms with Crippen LogP contribution in [0, 0.1) is 5.82 Å². The minimum atomic E-state index is -3.78. The molecule has 2 N–H and O–H groups in total. The molecule has 0 amide bonds. The maximum Gasteiger partial charge on any atom is 0.263 e. The van der Waals surface area contributed by atoms with Crippen molar-refractivity contribution in [3.63, 3.8) is 0 Å². The molecule has 1 aromatic heterocycles. The fourth-order valence-electron chi connectivity index (χ4n) is 1.77. The molecule has 0 radical (unpaired) electrons. The fraction of sp³-hybridized carbons (Fsp3) is 0.267. The first-order chi connectivity index (χ1) is 10.2. The Labute approximate surface area is 129 Å². The zero-order chi connectivity index (χ0) is 16.4. The minimum absolute atomic E-state index is 0.0207. The number of sulfonamides is 1. The summed E-state index contributed by atoms with van der Waals surface area (Å²) in [6.45, 7) is 6.04. The van der Waals surface area contributed by atoms with Gasteiger partial charge >= 0.3 is 0 Å². The van der Waals surface area contributed by atoms with Gasteiger partial charge < -0.3 is 5.32 Å². The van der Waals surface area contributed by atoms with Gasteiger partial charge in [-0.05, 0) is 57.2 Å². The van der Waals surface area contributed by atoms with Crippen molar-refractivity contribution < 1.29 is 12.8 Å². The van der Waals surface area contributed by atoms with Gasteiger partial charge in [0.25, 0.3) is 10.0 Å². The van der Waals surface area contributed by atoms with Gasteiger partial charge in [0.1, 0.15) is 11.6 Å². The third kappa shape index (κ3) is 4.42. The van der Waals surface area contributed by atoms with Crippen LogP contribution in [0.2, 0.25) is 0 Å². The van der Waals surface area contributed by atoms with Crippen molar-refractivity contribution in [2.45, 2.75) is 31.2 Å². The minimum Gasteiger partial charge on any atom is -0.379 e. The molecule has 1 aromatic carbocycles. The van der Waals surface area contributed by atoms with E-state index in [4.69, 9.17) is 0 Å². The molecule has 0 atom stereocenters. The lowest BCUT2D eigenvalue weighted by Gasteiger charge is -2.21. The maximum absolute atomic E-state index is 12.8. The number of benzene rings is 1. The summed E-state index contributed by atoms with van der Waals surface area (Å²) in [6, 6.07) is 7.90. The first-order valence-corrected chi connectivity index (χ1v) is 8.17. The lowest BCUT2D eigenvalue weighted by Crippen LogP contribution is -2.26. The van der Waals surface area contributed by atoms with E-state index in [2.05, 4.69) is 15.0 Å². The second-order valence-corrected chi connectivity index (χ2v) is 7.55. The number of nitrogens with one attached hydrogen (secondary N) is 2. The molecule has 0 aliphatic carbocycles. The van der Waals surface area contributed by atoms with E-state index in [1.807, 2.05) is 20.8 Å². The van der Waals surface area contributed by atoms with Crippen molar-refractivity contribution in [1.29, 1.82) is 0 Å². The smallest absolute Gasteiger partial charge is 0.263 e. The number of halogens is 1. The highest BCUT2D eigenvalue weighted by Gasteiger charge is 2.15. The topological polar surface area (TPSA) is 71.1 Å². The average Bonchev–Trinajstić information content (AvgIpc) is 2.39. The van der Waals surface area contributed by atoms with Gasteiger partial charge in [0.2, 0.25) is 0 Å². The van der Waals surface area contributed by atoms with Crippen LogP contribution in [0.3, 0.4) is 0 Å². The number of aromatic nitrogens is 1. The summed E-state index contributed by atoms with van der Waals surface area (Å²) < 4.78 is 39.5. The van der Waals surface area contributed by atoms with E-state index in [0.717, 1.165) is 17.8 Å². The van der Waals surface area contributed by atoms with E-state index in [-0.39, 0.29) is 16.3 Å². The van der Waals surface area contributed by atoms with Gasteiger partial charge in [-0.2, -0.15) is 0 Å². The van der Waals surface area contributed by atoms with Crippen LogP contribution in [0.5, 0.6) is 0 Å². The van der Waals surface area contributed by atoms with Crippen LogP contribution in [0.4, 0.5) is 15.9 Å². The maximum atomic E-state index is 12.8. The van der Waals surface area contributed by atoms with Crippen molar-refractivity contribution in [2.24, 2.45) is 0 Å². The Balaban J connectivity index is 2.14. The van der Waals surface area contributed by atoms with Gasteiger partial charge in [0.15, 0.2) is 0 Å². The van der Waals surface area contributed by atoms with Gasteiger partial charge in [-0.3, -0.25) is 4.72 Å². The third-order valence-electron chi connectivity index (χ3n) is 2.65. The van der Waals surface area contributed by atoms with Crippen molar-refractivity contribution in [3.8, 4) is 0 Å². The molecule has 0 saturated carbocycles. The molecule has 0 fully saturated rings. The van der Waals surface area contributed by atoms with Gasteiger partial charge in [0.05, 0.1) is 16.8 Å². The number of hydrogen-bond acceptors (Lipinski definition) is 4. The van der Waals surface area contributed by atoms with Crippen molar-refractivity contribution >= 4 is 21.5 Å².